The molecule has 1 fully saturated rings. The first-order chi connectivity index (χ1) is 12.7. The van der Waals surface area contributed by atoms with Crippen LogP contribution in [0.5, 0.6) is 0 Å². The van der Waals surface area contributed by atoms with E-state index >= 15 is 0 Å². The zero-order valence-corrected chi connectivity index (χ0v) is 16.4. The summed E-state index contributed by atoms with van der Waals surface area (Å²) in [5.41, 5.74) is 2.24. The summed E-state index contributed by atoms with van der Waals surface area (Å²) in [6, 6.07) is 8.62. The number of benzene rings is 1. The molecule has 0 aliphatic heterocycles. The average molecular weight is 374 g/mol. The van der Waals surface area contributed by atoms with Crippen molar-refractivity contribution in [1.29, 1.82) is 0 Å². The maximum absolute atomic E-state index is 12.4. The Bertz CT molecular complexity index is 708. The number of aromatic nitrogens is 2. The SMILES string of the molecule is CCc1ccc(-c2noc(CSCC(=O)N(C)C3CCCCC3)n2)cc1. The highest BCUT2D eigenvalue weighted by Gasteiger charge is 2.22. The molecule has 1 aliphatic carbocycles. The Morgan fingerprint density at radius 1 is 1.23 bits per heavy atom. The molecule has 0 spiro atoms. The second-order valence-electron chi connectivity index (χ2n) is 6.85. The van der Waals surface area contributed by atoms with E-state index in [9.17, 15) is 4.79 Å². The summed E-state index contributed by atoms with van der Waals surface area (Å²) in [7, 11) is 1.93. The number of aryl methyl sites for hydroxylation is 1. The molecule has 3 rings (SSSR count). The van der Waals surface area contributed by atoms with Crippen molar-refractivity contribution in [3.8, 4) is 11.4 Å². The molecule has 1 aliphatic rings. The van der Waals surface area contributed by atoms with Gasteiger partial charge in [0, 0.05) is 18.7 Å². The molecule has 1 amide bonds. The zero-order chi connectivity index (χ0) is 18.4. The van der Waals surface area contributed by atoms with E-state index < -0.39 is 0 Å². The van der Waals surface area contributed by atoms with Gasteiger partial charge in [0.2, 0.25) is 17.6 Å². The van der Waals surface area contributed by atoms with E-state index in [1.54, 1.807) is 0 Å². The molecule has 0 unspecified atom stereocenters. The summed E-state index contributed by atoms with van der Waals surface area (Å²) in [5, 5.41) is 4.05. The lowest BCUT2D eigenvalue weighted by Gasteiger charge is -2.31. The Kier molecular flexibility index (Phi) is 6.72. The van der Waals surface area contributed by atoms with Gasteiger partial charge in [-0.3, -0.25) is 4.79 Å². The standard InChI is InChI=1S/C20H27N3O2S/c1-3-15-9-11-16(12-10-15)20-21-18(25-22-20)13-26-14-19(24)23(2)17-7-5-4-6-8-17/h9-12,17H,3-8,13-14H2,1-2H3. The molecular weight excluding hydrogens is 346 g/mol. The lowest BCUT2D eigenvalue weighted by Crippen LogP contribution is -2.39. The Hall–Kier alpha value is -1.82. The molecule has 1 heterocycles. The highest BCUT2D eigenvalue weighted by atomic mass is 32.2. The van der Waals surface area contributed by atoms with Gasteiger partial charge in [0.1, 0.15) is 0 Å². The lowest BCUT2D eigenvalue weighted by atomic mass is 9.94. The Labute approximate surface area is 159 Å². The Balaban J connectivity index is 1.47. The molecule has 1 saturated carbocycles. The third-order valence-corrected chi connectivity index (χ3v) is 5.96. The number of carbonyl (C=O) groups excluding carboxylic acids is 1. The molecule has 26 heavy (non-hydrogen) atoms. The van der Waals surface area contributed by atoms with E-state index in [1.807, 2.05) is 24.1 Å². The second-order valence-corrected chi connectivity index (χ2v) is 7.84. The van der Waals surface area contributed by atoms with Crippen molar-refractivity contribution in [3.05, 3.63) is 35.7 Å². The van der Waals surface area contributed by atoms with Gasteiger partial charge < -0.3 is 9.42 Å². The van der Waals surface area contributed by atoms with E-state index in [0.717, 1.165) is 24.8 Å². The van der Waals surface area contributed by atoms with Crippen LogP contribution in [-0.4, -0.2) is 39.8 Å². The normalized spacial score (nSPS) is 15.2. The number of nitrogens with zero attached hydrogens (tertiary/aromatic N) is 3. The highest BCUT2D eigenvalue weighted by Crippen LogP contribution is 2.23. The maximum Gasteiger partial charge on any atom is 0.236 e. The van der Waals surface area contributed by atoms with Crippen molar-refractivity contribution in [2.24, 2.45) is 0 Å². The van der Waals surface area contributed by atoms with Gasteiger partial charge in [0.05, 0.1) is 11.5 Å². The summed E-state index contributed by atoms with van der Waals surface area (Å²) in [6.45, 7) is 2.13. The van der Waals surface area contributed by atoms with Crippen molar-refractivity contribution < 1.29 is 9.32 Å². The minimum Gasteiger partial charge on any atom is -0.342 e. The number of amides is 1. The molecule has 0 radical (unpaired) electrons. The van der Waals surface area contributed by atoms with Crippen LogP contribution in [0.25, 0.3) is 11.4 Å². The topological polar surface area (TPSA) is 59.2 Å². The van der Waals surface area contributed by atoms with E-state index in [0.29, 0.717) is 29.3 Å². The van der Waals surface area contributed by atoms with E-state index in [1.165, 1.54) is 36.6 Å². The number of rotatable bonds is 7. The molecule has 0 saturated heterocycles. The largest absolute Gasteiger partial charge is 0.342 e. The van der Waals surface area contributed by atoms with E-state index in [2.05, 4.69) is 29.2 Å². The lowest BCUT2D eigenvalue weighted by molar-refractivity contribution is -0.129. The van der Waals surface area contributed by atoms with Crippen LogP contribution in [0.15, 0.2) is 28.8 Å². The zero-order valence-electron chi connectivity index (χ0n) is 15.6. The summed E-state index contributed by atoms with van der Waals surface area (Å²) in [6.07, 6.45) is 7.05. The number of carbonyl (C=O) groups is 1. The molecular formula is C20H27N3O2S. The van der Waals surface area contributed by atoms with E-state index in [4.69, 9.17) is 4.52 Å². The third-order valence-electron chi connectivity index (χ3n) is 5.06. The Morgan fingerprint density at radius 2 is 1.96 bits per heavy atom. The van der Waals surface area contributed by atoms with Gasteiger partial charge in [-0.25, -0.2) is 0 Å². The summed E-state index contributed by atoms with van der Waals surface area (Å²) < 4.78 is 5.33. The first-order valence-corrected chi connectivity index (χ1v) is 10.6. The van der Waals surface area contributed by atoms with Crippen LogP contribution >= 0.6 is 11.8 Å². The van der Waals surface area contributed by atoms with Crippen molar-refractivity contribution >= 4 is 17.7 Å². The van der Waals surface area contributed by atoms with Crippen LogP contribution < -0.4 is 0 Å². The molecule has 1 aromatic carbocycles. The molecule has 140 valence electrons. The first kappa shape index (κ1) is 19.0. The van der Waals surface area contributed by atoms with Crippen LogP contribution in [0.3, 0.4) is 0 Å². The maximum atomic E-state index is 12.4. The van der Waals surface area contributed by atoms with Gasteiger partial charge in [-0.15, -0.1) is 11.8 Å². The predicted octanol–water partition coefficient (Wildman–Crippen LogP) is 4.32. The van der Waals surface area contributed by atoms with Crippen molar-refractivity contribution in [3.63, 3.8) is 0 Å². The summed E-state index contributed by atoms with van der Waals surface area (Å²) in [5.74, 6) is 2.38. The molecule has 2 aromatic rings. The number of thioether (sulfide) groups is 1. The second kappa shape index (κ2) is 9.21. The molecule has 0 atom stereocenters. The Morgan fingerprint density at radius 3 is 2.65 bits per heavy atom. The van der Waals surface area contributed by atoms with Crippen molar-refractivity contribution in [1.82, 2.24) is 15.0 Å². The van der Waals surface area contributed by atoms with Gasteiger partial charge >= 0.3 is 0 Å². The molecule has 0 bridgehead atoms. The number of hydrogen-bond donors (Lipinski definition) is 0. The summed E-state index contributed by atoms with van der Waals surface area (Å²) in [4.78, 5) is 18.7. The van der Waals surface area contributed by atoms with Crippen LogP contribution in [0.1, 0.15) is 50.5 Å². The monoisotopic (exact) mass is 373 g/mol. The predicted molar refractivity (Wildman–Crippen MR) is 105 cm³/mol. The van der Waals surface area contributed by atoms with Crippen LogP contribution in [0, 0.1) is 0 Å². The molecule has 5 nitrogen and oxygen atoms in total. The van der Waals surface area contributed by atoms with Gasteiger partial charge in [-0.05, 0) is 24.8 Å². The van der Waals surface area contributed by atoms with Gasteiger partial charge in [-0.1, -0.05) is 55.6 Å². The van der Waals surface area contributed by atoms with Crippen molar-refractivity contribution in [2.45, 2.75) is 57.2 Å². The fourth-order valence-electron chi connectivity index (χ4n) is 3.32. The summed E-state index contributed by atoms with van der Waals surface area (Å²) >= 11 is 1.53. The smallest absolute Gasteiger partial charge is 0.236 e. The van der Waals surface area contributed by atoms with Crippen LogP contribution in [0.2, 0.25) is 0 Å². The minimum atomic E-state index is 0.191. The number of hydrogen-bond acceptors (Lipinski definition) is 5. The highest BCUT2D eigenvalue weighted by molar-refractivity contribution is 7.99. The quantitative estimate of drug-likeness (QED) is 0.723. The fraction of sp³-hybridized carbons (Fsp3) is 0.550. The molecule has 1 aromatic heterocycles. The average Bonchev–Trinajstić information content (AvgIpc) is 3.17. The van der Waals surface area contributed by atoms with Gasteiger partial charge in [0.15, 0.2) is 0 Å². The first-order valence-electron chi connectivity index (χ1n) is 9.42. The minimum absolute atomic E-state index is 0.191. The fourth-order valence-corrected chi connectivity index (χ4v) is 4.09. The van der Waals surface area contributed by atoms with Crippen LogP contribution in [-0.2, 0) is 17.0 Å². The van der Waals surface area contributed by atoms with E-state index in [-0.39, 0.29) is 5.91 Å². The van der Waals surface area contributed by atoms with Gasteiger partial charge in [-0.2, -0.15) is 4.98 Å². The van der Waals surface area contributed by atoms with Crippen molar-refractivity contribution in [2.75, 3.05) is 12.8 Å². The third kappa shape index (κ3) is 4.87. The van der Waals surface area contributed by atoms with Crippen LogP contribution in [0.4, 0.5) is 0 Å². The molecule has 6 heteroatoms. The molecule has 0 N–H and O–H groups in total. The van der Waals surface area contributed by atoms with Gasteiger partial charge in [0.25, 0.3) is 0 Å².